The molecule has 1 N–H and O–H groups in total. The largest absolute Gasteiger partial charge is 0.493 e. The molecule has 0 aromatic heterocycles. The van der Waals surface area contributed by atoms with E-state index < -0.39 is 11.7 Å². The van der Waals surface area contributed by atoms with E-state index in [-0.39, 0.29) is 5.69 Å². The molecule has 0 fully saturated rings. The first-order chi connectivity index (χ1) is 10.6. The molecule has 0 atom stereocenters. The van der Waals surface area contributed by atoms with Gasteiger partial charge in [-0.25, -0.2) is 4.39 Å². The zero-order chi connectivity index (χ0) is 15.9. The van der Waals surface area contributed by atoms with Crippen LogP contribution in [0.25, 0.3) is 6.08 Å². The minimum absolute atomic E-state index is 0.165. The molecule has 114 valence electrons. The summed E-state index contributed by atoms with van der Waals surface area (Å²) in [7, 11) is 0. The molecule has 0 heterocycles. The van der Waals surface area contributed by atoms with Crippen molar-refractivity contribution in [3.05, 3.63) is 65.5 Å². The average molecular weight is 299 g/mol. The quantitative estimate of drug-likeness (QED) is 0.841. The first-order valence-electron chi connectivity index (χ1n) is 7.07. The Labute approximate surface area is 129 Å². The zero-order valence-electron chi connectivity index (χ0n) is 12.6. The molecule has 0 unspecified atom stereocenters. The molecule has 0 saturated heterocycles. The third-order valence-corrected chi connectivity index (χ3v) is 3.02. The number of halogens is 1. The van der Waals surface area contributed by atoms with Crippen molar-refractivity contribution in [2.75, 3.05) is 11.9 Å². The number of hydrogen-bond donors (Lipinski definition) is 1. The number of hydrogen-bond acceptors (Lipinski definition) is 2. The van der Waals surface area contributed by atoms with Gasteiger partial charge in [0.05, 0.1) is 12.3 Å². The Morgan fingerprint density at radius 1 is 1.27 bits per heavy atom. The molecule has 2 rings (SSSR count). The van der Waals surface area contributed by atoms with Gasteiger partial charge >= 0.3 is 0 Å². The van der Waals surface area contributed by atoms with Crippen LogP contribution >= 0.6 is 0 Å². The molecule has 0 saturated carbocycles. The minimum atomic E-state index is -0.448. The molecule has 1 amide bonds. The van der Waals surface area contributed by atoms with Gasteiger partial charge in [0.15, 0.2) is 0 Å². The Kier molecular flexibility index (Phi) is 5.31. The molecule has 0 bridgehead atoms. The van der Waals surface area contributed by atoms with Crippen molar-refractivity contribution in [3.63, 3.8) is 0 Å². The van der Waals surface area contributed by atoms with Crippen LogP contribution in [0.3, 0.4) is 0 Å². The molecular formula is C18H18FNO2. The Hall–Kier alpha value is -2.62. The monoisotopic (exact) mass is 299 g/mol. The number of anilines is 1. The average Bonchev–Trinajstić information content (AvgIpc) is 2.49. The van der Waals surface area contributed by atoms with Crippen molar-refractivity contribution in [1.29, 1.82) is 0 Å². The number of carbonyl (C=O) groups excluding carboxylic acids is 1. The molecule has 0 aliphatic heterocycles. The van der Waals surface area contributed by atoms with Gasteiger partial charge in [-0.2, -0.15) is 0 Å². The summed E-state index contributed by atoms with van der Waals surface area (Å²) < 4.78 is 19.2. The van der Waals surface area contributed by atoms with Gasteiger partial charge in [0.2, 0.25) is 5.91 Å². The van der Waals surface area contributed by atoms with Gasteiger partial charge in [-0.15, -0.1) is 0 Å². The van der Waals surface area contributed by atoms with Gasteiger partial charge in [0.25, 0.3) is 0 Å². The number of nitrogens with one attached hydrogen (secondary N) is 1. The van der Waals surface area contributed by atoms with Crippen LogP contribution in [-0.2, 0) is 4.79 Å². The fourth-order valence-electron chi connectivity index (χ4n) is 1.97. The van der Waals surface area contributed by atoms with Crippen molar-refractivity contribution in [2.45, 2.75) is 13.8 Å². The van der Waals surface area contributed by atoms with E-state index >= 15 is 0 Å². The van der Waals surface area contributed by atoms with Crippen LogP contribution in [0, 0.1) is 12.7 Å². The normalized spacial score (nSPS) is 10.7. The number of aryl methyl sites for hydroxylation is 1. The van der Waals surface area contributed by atoms with Gasteiger partial charge in [-0.05, 0) is 43.7 Å². The molecule has 0 aliphatic carbocycles. The second-order valence-corrected chi connectivity index (χ2v) is 4.78. The summed E-state index contributed by atoms with van der Waals surface area (Å²) in [6.07, 6.45) is 3.00. The Morgan fingerprint density at radius 2 is 2.05 bits per heavy atom. The molecule has 22 heavy (non-hydrogen) atoms. The van der Waals surface area contributed by atoms with Crippen molar-refractivity contribution in [2.24, 2.45) is 0 Å². The fraction of sp³-hybridized carbons (Fsp3) is 0.167. The van der Waals surface area contributed by atoms with E-state index in [1.807, 2.05) is 31.2 Å². The van der Waals surface area contributed by atoms with E-state index in [9.17, 15) is 9.18 Å². The molecule has 2 aromatic carbocycles. The molecule has 3 nitrogen and oxygen atoms in total. The van der Waals surface area contributed by atoms with E-state index in [0.29, 0.717) is 12.4 Å². The summed E-state index contributed by atoms with van der Waals surface area (Å²) in [5, 5.41) is 2.52. The summed E-state index contributed by atoms with van der Waals surface area (Å²) in [5.41, 5.74) is 1.76. The highest BCUT2D eigenvalue weighted by Gasteiger charge is 2.05. The van der Waals surface area contributed by atoms with Gasteiger partial charge < -0.3 is 10.1 Å². The van der Waals surface area contributed by atoms with Gasteiger partial charge in [-0.3, -0.25) is 4.79 Å². The highest BCUT2D eigenvalue weighted by molar-refractivity contribution is 6.02. The summed E-state index contributed by atoms with van der Waals surface area (Å²) in [6.45, 7) is 4.23. The summed E-state index contributed by atoms with van der Waals surface area (Å²) in [6, 6.07) is 12.1. The Bertz CT molecular complexity index is 695. The lowest BCUT2D eigenvalue weighted by atomic mass is 10.2. The van der Waals surface area contributed by atoms with E-state index in [1.165, 1.54) is 12.1 Å². The van der Waals surface area contributed by atoms with Crippen LogP contribution in [0.4, 0.5) is 10.1 Å². The van der Waals surface area contributed by atoms with E-state index in [4.69, 9.17) is 4.74 Å². The maximum Gasteiger partial charge on any atom is 0.248 e. The standard InChI is InChI=1S/C18H18FNO2/c1-3-22-17-7-5-4-6-14(17)9-11-18(21)20-16-10-8-13(2)12-15(16)19/h4-12H,3H2,1-2H3,(H,20,21)/b11-9+. The topological polar surface area (TPSA) is 38.3 Å². The number of para-hydroxylation sites is 1. The van der Waals surface area contributed by atoms with E-state index in [1.54, 1.807) is 25.1 Å². The second-order valence-electron chi connectivity index (χ2n) is 4.78. The van der Waals surface area contributed by atoms with Crippen molar-refractivity contribution in [1.82, 2.24) is 0 Å². The second kappa shape index (κ2) is 7.41. The van der Waals surface area contributed by atoms with Crippen molar-refractivity contribution < 1.29 is 13.9 Å². The number of carbonyl (C=O) groups is 1. The molecule has 4 heteroatoms. The minimum Gasteiger partial charge on any atom is -0.493 e. The molecule has 0 spiro atoms. The number of rotatable bonds is 5. The maximum absolute atomic E-state index is 13.7. The van der Waals surface area contributed by atoms with Crippen LogP contribution < -0.4 is 10.1 Å². The predicted molar refractivity (Wildman–Crippen MR) is 86.4 cm³/mol. The van der Waals surface area contributed by atoms with Gasteiger partial charge in [-0.1, -0.05) is 24.3 Å². The highest BCUT2D eigenvalue weighted by Crippen LogP contribution is 2.20. The molecule has 0 aliphatic rings. The number of ether oxygens (including phenoxy) is 1. The van der Waals surface area contributed by atoms with E-state index in [2.05, 4.69) is 5.32 Å². The van der Waals surface area contributed by atoms with Crippen LogP contribution in [0.1, 0.15) is 18.1 Å². The number of amides is 1. The number of benzene rings is 2. The fourth-order valence-corrected chi connectivity index (χ4v) is 1.97. The summed E-state index contributed by atoms with van der Waals surface area (Å²) >= 11 is 0. The summed E-state index contributed by atoms with van der Waals surface area (Å²) in [4.78, 5) is 11.9. The lowest BCUT2D eigenvalue weighted by Gasteiger charge is -2.07. The lowest BCUT2D eigenvalue weighted by Crippen LogP contribution is -2.09. The molecule has 0 radical (unpaired) electrons. The molecule has 2 aromatic rings. The third kappa shape index (κ3) is 4.19. The van der Waals surface area contributed by atoms with Crippen LogP contribution in [-0.4, -0.2) is 12.5 Å². The zero-order valence-corrected chi connectivity index (χ0v) is 12.6. The SMILES string of the molecule is CCOc1ccccc1/C=C/C(=O)Nc1ccc(C)cc1F. The predicted octanol–water partition coefficient (Wildman–Crippen LogP) is 4.18. The van der Waals surface area contributed by atoms with Crippen LogP contribution in [0.15, 0.2) is 48.5 Å². The first-order valence-corrected chi connectivity index (χ1v) is 7.07. The molecular weight excluding hydrogens is 281 g/mol. The highest BCUT2D eigenvalue weighted by atomic mass is 19.1. The van der Waals surface area contributed by atoms with Gasteiger partial charge in [0.1, 0.15) is 11.6 Å². The van der Waals surface area contributed by atoms with Crippen molar-refractivity contribution in [3.8, 4) is 5.75 Å². The Morgan fingerprint density at radius 3 is 2.77 bits per heavy atom. The maximum atomic E-state index is 13.7. The smallest absolute Gasteiger partial charge is 0.248 e. The lowest BCUT2D eigenvalue weighted by molar-refractivity contribution is -0.111. The summed E-state index contributed by atoms with van der Waals surface area (Å²) in [5.74, 6) is -0.138. The van der Waals surface area contributed by atoms with Crippen LogP contribution in [0.2, 0.25) is 0 Å². The van der Waals surface area contributed by atoms with Crippen LogP contribution in [0.5, 0.6) is 5.75 Å². The third-order valence-electron chi connectivity index (χ3n) is 3.02. The van der Waals surface area contributed by atoms with E-state index in [0.717, 1.165) is 11.1 Å². The Balaban J connectivity index is 2.08. The van der Waals surface area contributed by atoms with Gasteiger partial charge in [0, 0.05) is 11.6 Å². The first kappa shape index (κ1) is 15.8. The van der Waals surface area contributed by atoms with Crippen molar-refractivity contribution >= 4 is 17.7 Å².